The fraction of sp³-hybridized carbons (Fsp3) is 0.250. The van der Waals surface area contributed by atoms with Gasteiger partial charge in [0.1, 0.15) is 0 Å². The summed E-state index contributed by atoms with van der Waals surface area (Å²) in [6, 6.07) is 8.58. The van der Waals surface area contributed by atoms with Crippen molar-refractivity contribution in [2.45, 2.75) is 26.8 Å². The second-order valence-corrected chi connectivity index (χ2v) is 6.59. The van der Waals surface area contributed by atoms with Gasteiger partial charge in [-0.2, -0.15) is 5.10 Å². The van der Waals surface area contributed by atoms with Gasteiger partial charge in [0, 0.05) is 30.2 Å². The molecule has 0 aliphatic rings. The molecule has 0 bridgehead atoms. The van der Waals surface area contributed by atoms with Crippen LogP contribution in [0.1, 0.15) is 50.6 Å². The Morgan fingerprint density at radius 2 is 1.89 bits per heavy atom. The lowest BCUT2D eigenvalue weighted by Gasteiger charge is -2.17. The third kappa shape index (κ3) is 3.48. The molecule has 1 amide bonds. The number of nitrogens with one attached hydrogen (secondary N) is 1. The van der Waals surface area contributed by atoms with Gasteiger partial charge in [-0.25, -0.2) is 4.79 Å². The molecule has 0 saturated carbocycles. The highest BCUT2D eigenvalue weighted by Crippen LogP contribution is 2.24. The van der Waals surface area contributed by atoms with E-state index in [9.17, 15) is 14.7 Å². The fourth-order valence-corrected chi connectivity index (χ4v) is 3.23. The van der Waals surface area contributed by atoms with E-state index in [0.29, 0.717) is 16.9 Å². The van der Waals surface area contributed by atoms with E-state index >= 15 is 0 Å². The SMILES string of the molecule is Cc1cc(C(=O)O)c(C)n1-c1ccccc1C(=O)NC(C)c1cnn(C)c1. The molecule has 0 radical (unpaired) electrons. The number of hydrogen-bond acceptors (Lipinski definition) is 3. The second kappa shape index (κ2) is 7.11. The summed E-state index contributed by atoms with van der Waals surface area (Å²) in [5.74, 6) is -1.21. The molecule has 0 saturated heterocycles. The van der Waals surface area contributed by atoms with E-state index in [1.54, 1.807) is 40.6 Å². The van der Waals surface area contributed by atoms with E-state index in [4.69, 9.17) is 0 Å². The van der Waals surface area contributed by atoms with E-state index in [1.807, 2.05) is 39.2 Å². The van der Waals surface area contributed by atoms with Gasteiger partial charge in [0.25, 0.3) is 5.91 Å². The minimum atomic E-state index is -0.985. The molecule has 0 fully saturated rings. The number of aryl methyl sites for hydroxylation is 2. The number of carboxylic acids is 1. The first-order valence-electron chi connectivity index (χ1n) is 8.60. The minimum absolute atomic E-state index is 0.208. The highest BCUT2D eigenvalue weighted by Gasteiger charge is 2.21. The number of hydrogen-bond donors (Lipinski definition) is 2. The lowest BCUT2D eigenvalue weighted by Crippen LogP contribution is -2.27. The average molecular weight is 366 g/mol. The summed E-state index contributed by atoms with van der Waals surface area (Å²) >= 11 is 0. The van der Waals surface area contributed by atoms with Crippen molar-refractivity contribution in [3.8, 4) is 5.69 Å². The summed E-state index contributed by atoms with van der Waals surface area (Å²) in [5, 5.41) is 16.5. The molecule has 1 atom stereocenters. The maximum absolute atomic E-state index is 12.9. The Kier molecular flexibility index (Phi) is 4.85. The predicted octanol–water partition coefficient (Wildman–Crippen LogP) is 3.02. The summed E-state index contributed by atoms with van der Waals surface area (Å²) < 4.78 is 3.49. The molecule has 2 heterocycles. The number of benzene rings is 1. The number of para-hydroxylation sites is 1. The first-order valence-corrected chi connectivity index (χ1v) is 8.60. The molecule has 0 aliphatic carbocycles. The van der Waals surface area contributed by atoms with Crippen LogP contribution >= 0.6 is 0 Å². The van der Waals surface area contributed by atoms with Gasteiger partial charge in [-0.3, -0.25) is 9.48 Å². The van der Waals surface area contributed by atoms with Crippen molar-refractivity contribution >= 4 is 11.9 Å². The largest absolute Gasteiger partial charge is 0.478 e. The standard InChI is InChI=1S/C20H22N4O3/c1-12-9-17(20(26)27)14(3)24(12)18-8-6-5-7-16(18)19(25)22-13(2)15-10-21-23(4)11-15/h5-11,13H,1-4H3,(H,22,25)(H,26,27). The fourth-order valence-electron chi connectivity index (χ4n) is 3.23. The Bertz CT molecular complexity index is 1020. The van der Waals surface area contributed by atoms with Gasteiger partial charge in [0.05, 0.1) is 29.1 Å². The smallest absolute Gasteiger partial charge is 0.337 e. The van der Waals surface area contributed by atoms with Crippen LogP contribution in [0.15, 0.2) is 42.7 Å². The van der Waals surface area contributed by atoms with Crippen LogP contribution in [0.25, 0.3) is 5.69 Å². The molecule has 140 valence electrons. The molecule has 2 N–H and O–H groups in total. The summed E-state index contributed by atoms with van der Waals surface area (Å²) in [7, 11) is 1.82. The first kappa shape index (κ1) is 18.4. The first-order chi connectivity index (χ1) is 12.8. The van der Waals surface area contributed by atoms with Crippen LogP contribution in [-0.2, 0) is 7.05 Å². The number of aromatic carboxylic acids is 1. The lowest BCUT2D eigenvalue weighted by molar-refractivity contribution is 0.0696. The van der Waals surface area contributed by atoms with Crippen molar-refractivity contribution in [3.63, 3.8) is 0 Å². The van der Waals surface area contributed by atoms with Crippen molar-refractivity contribution in [2.24, 2.45) is 7.05 Å². The van der Waals surface area contributed by atoms with E-state index in [2.05, 4.69) is 10.4 Å². The number of carbonyl (C=O) groups is 2. The molecule has 1 aromatic carbocycles. The number of nitrogens with zero attached hydrogens (tertiary/aromatic N) is 3. The van der Waals surface area contributed by atoms with E-state index in [0.717, 1.165) is 11.3 Å². The maximum atomic E-state index is 12.9. The third-order valence-electron chi connectivity index (χ3n) is 4.62. The van der Waals surface area contributed by atoms with Gasteiger partial charge in [0.15, 0.2) is 0 Å². The number of carboxylic acid groups (broad SMARTS) is 1. The van der Waals surface area contributed by atoms with E-state index < -0.39 is 5.97 Å². The zero-order chi connectivity index (χ0) is 19.7. The molecular weight excluding hydrogens is 344 g/mol. The molecule has 7 heteroatoms. The second-order valence-electron chi connectivity index (χ2n) is 6.59. The molecule has 3 rings (SSSR count). The zero-order valence-electron chi connectivity index (χ0n) is 15.7. The Balaban J connectivity index is 1.97. The van der Waals surface area contributed by atoms with Crippen molar-refractivity contribution in [2.75, 3.05) is 0 Å². The van der Waals surface area contributed by atoms with Crippen LogP contribution in [0.3, 0.4) is 0 Å². The zero-order valence-corrected chi connectivity index (χ0v) is 15.7. The Morgan fingerprint density at radius 3 is 2.48 bits per heavy atom. The average Bonchev–Trinajstić information content (AvgIpc) is 3.18. The normalized spacial score (nSPS) is 12.0. The van der Waals surface area contributed by atoms with Crippen LogP contribution in [0.2, 0.25) is 0 Å². The van der Waals surface area contributed by atoms with Crippen molar-refractivity contribution < 1.29 is 14.7 Å². The number of rotatable bonds is 5. The molecule has 0 spiro atoms. The van der Waals surface area contributed by atoms with Crippen LogP contribution in [0.5, 0.6) is 0 Å². The van der Waals surface area contributed by atoms with Gasteiger partial charge in [-0.1, -0.05) is 12.1 Å². The number of aromatic nitrogens is 3. The number of carbonyl (C=O) groups excluding carboxylic acids is 1. The van der Waals surface area contributed by atoms with E-state index in [-0.39, 0.29) is 17.5 Å². The van der Waals surface area contributed by atoms with Gasteiger partial charge >= 0.3 is 5.97 Å². The molecule has 0 aliphatic heterocycles. The molecule has 2 aromatic heterocycles. The van der Waals surface area contributed by atoms with Crippen LogP contribution < -0.4 is 5.32 Å². The van der Waals surface area contributed by atoms with Gasteiger partial charge in [0.2, 0.25) is 0 Å². The van der Waals surface area contributed by atoms with Crippen molar-refractivity contribution in [3.05, 3.63) is 70.8 Å². The van der Waals surface area contributed by atoms with Crippen molar-refractivity contribution in [1.29, 1.82) is 0 Å². The third-order valence-corrected chi connectivity index (χ3v) is 4.62. The number of amides is 1. The highest BCUT2D eigenvalue weighted by atomic mass is 16.4. The quantitative estimate of drug-likeness (QED) is 0.726. The van der Waals surface area contributed by atoms with Gasteiger partial charge in [-0.05, 0) is 39.0 Å². The summed E-state index contributed by atoms with van der Waals surface area (Å²) in [5.41, 5.74) is 3.60. The molecular formula is C20H22N4O3. The minimum Gasteiger partial charge on any atom is -0.478 e. The molecule has 27 heavy (non-hydrogen) atoms. The van der Waals surface area contributed by atoms with Gasteiger partial charge in [-0.15, -0.1) is 0 Å². The summed E-state index contributed by atoms with van der Waals surface area (Å²) in [6.45, 7) is 5.46. The highest BCUT2D eigenvalue weighted by molar-refractivity contribution is 5.98. The summed E-state index contributed by atoms with van der Waals surface area (Å²) in [6.07, 6.45) is 3.58. The Hall–Kier alpha value is -3.35. The monoisotopic (exact) mass is 366 g/mol. The van der Waals surface area contributed by atoms with Crippen molar-refractivity contribution in [1.82, 2.24) is 19.7 Å². The molecule has 1 unspecified atom stereocenters. The molecule has 3 aromatic rings. The topological polar surface area (TPSA) is 89.2 Å². The Morgan fingerprint density at radius 1 is 1.19 bits per heavy atom. The summed E-state index contributed by atoms with van der Waals surface area (Å²) in [4.78, 5) is 24.4. The van der Waals surface area contributed by atoms with Crippen LogP contribution in [0.4, 0.5) is 0 Å². The van der Waals surface area contributed by atoms with E-state index in [1.165, 1.54) is 0 Å². The lowest BCUT2D eigenvalue weighted by atomic mass is 10.1. The van der Waals surface area contributed by atoms with Crippen LogP contribution in [0, 0.1) is 13.8 Å². The van der Waals surface area contributed by atoms with Crippen LogP contribution in [-0.4, -0.2) is 31.3 Å². The Labute approximate surface area is 157 Å². The predicted molar refractivity (Wildman–Crippen MR) is 101 cm³/mol. The maximum Gasteiger partial charge on any atom is 0.337 e. The molecule has 7 nitrogen and oxygen atoms in total. The van der Waals surface area contributed by atoms with Gasteiger partial charge < -0.3 is 15.0 Å².